The lowest BCUT2D eigenvalue weighted by atomic mass is 9.99. The Hall–Kier alpha value is -2.01. The smallest absolute Gasteiger partial charge is 0.126 e. The second-order valence-corrected chi connectivity index (χ2v) is 4.99. The summed E-state index contributed by atoms with van der Waals surface area (Å²) in [6.07, 6.45) is 2.82. The van der Waals surface area contributed by atoms with Crippen molar-refractivity contribution in [1.82, 2.24) is 10.3 Å². The molecule has 2 aromatic rings. The van der Waals surface area contributed by atoms with E-state index in [9.17, 15) is 8.78 Å². The van der Waals surface area contributed by atoms with Gasteiger partial charge < -0.3 is 11.1 Å². The second kappa shape index (κ2) is 7.13. The van der Waals surface area contributed by atoms with Crippen LogP contribution >= 0.6 is 0 Å². The van der Waals surface area contributed by atoms with Crippen molar-refractivity contribution < 1.29 is 8.78 Å². The first-order valence-corrected chi connectivity index (χ1v) is 6.96. The molecular weight excluding hydrogens is 272 g/mol. The van der Waals surface area contributed by atoms with Crippen LogP contribution in [0.1, 0.15) is 18.1 Å². The van der Waals surface area contributed by atoms with Crippen molar-refractivity contribution >= 4 is 5.82 Å². The van der Waals surface area contributed by atoms with Gasteiger partial charge in [-0.25, -0.2) is 13.8 Å². The number of likely N-dealkylation sites (N-methyl/N-ethyl adjacent to an activating group) is 1. The highest BCUT2D eigenvalue weighted by Gasteiger charge is 2.13. The van der Waals surface area contributed by atoms with Gasteiger partial charge in [-0.05, 0) is 48.7 Å². The fourth-order valence-corrected chi connectivity index (χ4v) is 2.41. The van der Waals surface area contributed by atoms with Crippen LogP contribution in [0.2, 0.25) is 0 Å². The van der Waals surface area contributed by atoms with Crippen molar-refractivity contribution in [3.05, 3.63) is 59.3 Å². The van der Waals surface area contributed by atoms with Gasteiger partial charge in [0.15, 0.2) is 0 Å². The van der Waals surface area contributed by atoms with Crippen molar-refractivity contribution in [2.75, 3.05) is 12.3 Å². The quantitative estimate of drug-likeness (QED) is 0.860. The Balaban J connectivity index is 2.13. The molecular formula is C16H19F2N3. The number of nitrogens with one attached hydrogen (secondary N) is 1. The molecule has 0 spiro atoms. The van der Waals surface area contributed by atoms with E-state index in [4.69, 9.17) is 5.73 Å². The molecule has 0 radical (unpaired) electrons. The summed E-state index contributed by atoms with van der Waals surface area (Å²) in [7, 11) is 0. The average Bonchev–Trinajstić information content (AvgIpc) is 2.40. The van der Waals surface area contributed by atoms with Gasteiger partial charge in [-0.2, -0.15) is 0 Å². The van der Waals surface area contributed by atoms with E-state index in [1.54, 1.807) is 6.20 Å². The molecule has 1 atom stereocenters. The number of hydrogen-bond acceptors (Lipinski definition) is 3. The molecule has 0 aliphatic carbocycles. The summed E-state index contributed by atoms with van der Waals surface area (Å²) in [6, 6.07) is 7.39. The normalized spacial score (nSPS) is 12.3. The minimum absolute atomic E-state index is 0.0442. The first-order chi connectivity index (χ1) is 10.1. The molecule has 21 heavy (non-hydrogen) atoms. The highest BCUT2D eigenvalue weighted by Crippen LogP contribution is 2.15. The van der Waals surface area contributed by atoms with Crippen molar-refractivity contribution in [3.8, 4) is 0 Å². The van der Waals surface area contributed by atoms with E-state index in [2.05, 4.69) is 10.3 Å². The molecule has 2 rings (SSSR count). The lowest BCUT2D eigenvalue weighted by Gasteiger charge is -2.19. The molecule has 0 saturated carbocycles. The molecule has 1 heterocycles. The van der Waals surface area contributed by atoms with Crippen LogP contribution in [0.3, 0.4) is 0 Å². The zero-order valence-electron chi connectivity index (χ0n) is 11.9. The van der Waals surface area contributed by atoms with Gasteiger partial charge in [-0.15, -0.1) is 0 Å². The topological polar surface area (TPSA) is 50.9 Å². The van der Waals surface area contributed by atoms with Gasteiger partial charge in [0.1, 0.15) is 17.5 Å². The third kappa shape index (κ3) is 4.49. The molecule has 1 aromatic heterocycles. The zero-order chi connectivity index (χ0) is 15.2. The first-order valence-electron chi connectivity index (χ1n) is 6.96. The van der Waals surface area contributed by atoms with E-state index in [0.29, 0.717) is 24.2 Å². The van der Waals surface area contributed by atoms with Crippen LogP contribution in [0, 0.1) is 11.6 Å². The Morgan fingerprint density at radius 3 is 2.52 bits per heavy atom. The summed E-state index contributed by atoms with van der Waals surface area (Å²) in [5.74, 6) is -0.617. The highest BCUT2D eigenvalue weighted by molar-refractivity contribution is 5.39. The lowest BCUT2D eigenvalue weighted by molar-refractivity contribution is 0.515. The molecule has 0 saturated heterocycles. The van der Waals surface area contributed by atoms with Crippen molar-refractivity contribution in [1.29, 1.82) is 0 Å². The molecule has 1 unspecified atom stereocenters. The molecule has 1 aromatic carbocycles. The largest absolute Gasteiger partial charge is 0.383 e. The van der Waals surface area contributed by atoms with E-state index in [-0.39, 0.29) is 6.04 Å². The Morgan fingerprint density at radius 1 is 1.19 bits per heavy atom. The highest BCUT2D eigenvalue weighted by atomic mass is 19.1. The Bertz CT molecular complexity index is 582. The standard InChI is InChI=1S/C16H19F2N3/c1-2-20-15(9-12-4-3-5-21-16(12)19)8-11-6-13(17)10-14(18)7-11/h3-7,10,15,20H,2,8-9H2,1H3,(H2,19,21). The van der Waals surface area contributed by atoms with Crippen LogP contribution in [0.25, 0.3) is 0 Å². The van der Waals surface area contributed by atoms with Gasteiger partial charge in [-0.3, -0.25) is 0 Å². The molecule has 0 fully saturated rings. The molecule has 112 valence electrons. The number of aromatic nitrogens is 1. The van der Waals surface area contributed by atoms with Gasteiger partial charge in [0.25, 0.3) is 0 Å². The van der Waals surface area contributed by atoms with E-state index in [1.807, 2.05) is 19.1 Å². The van der Waals surface area contributed by atoms with Crippen LogP contribution in [-0.2, 0) is 12.8 Å². The number of nitrogens with zero attached hydrogens (tertiary/aromatic N) is 1. The molecule has 0 amide bonds. The third-order valence-electron chi connectivity index (χ3n) is 3.29. The predicted octanol–water partition coefficient (Wildman–Crippen LogP) is 2.71. The number of rotatable bonds is 6. The van der Waals surface area contributed by atoms with Gasteiger partial charge >= 0.3 is 0 Å². The number of nitrogen functional groups attached to an aromatic ring is 1. The summed E-state index contributed by atoms with van der Waals surface area (Å²) in [6.45, 7) is 2.76. The number of anilines is 1. The van der Waals surface area contributed by atoms with E-state index in [1.165, 1.54) is 12.1 Å². The summed E-state index contributed by atoms with van der Waals surface area (Å²) < 4.78 is 26.5. The van der Waals surface area contributed by atoms with Crippen LogP contribution < -0.4 is 11.1 Å². The fourth-order valence-electron chi connectivity index (χ4n) is 2.41. The van der Waals surface area contributed by atoms with Gasteiger partial charge in [-0.1, -0.05) is 13.0 Å². The van der Waals surface area contributed by atoms with Crippen LogP contribution in [0.4, 0.5) is 14.6 Å². The summed E-state index contributed by atoms with van der Waals surface area (Å²) in [5.41, 5.74) is 7.40. The number of halogens is 2. The summed E-state index contributed by atoms with van der Waals surface area (Å²) >= 11 is 0. The average molecular weight is 291 g/mol. The third-order valence-corrected chi connectivity index (χ3v) is 3.29. The second-order valence-electron chi connectivity index (χ2n) is 4.99. The van der Waals surface area contributed by atoms with Gasteiger partial charge in [0, 0.05) is 18.3 Å². The number of pyridine rings is 1. The Labute approximate surface area is 123 Å². The number of nitrogens with two attached hydrogens (primary N) is 1. The van der Waals surface area contributed by atoms with Crippen LogP contribution in [-0.4, -0.2) is 17.6 Å². The Kier molecular flexibility index (Phi) is 5.22. The molecule has 0 aliphatic heterocycles. The summed E-state index contributed by atoms with van der Waals surface area (Å²) in [4.78, 5) is 4.06. The zero-order valence-corrected chi connectivity index (χ0v) is 11.9. The number of hydrogen-bond donors (Lipinski definition) is 2. The molecule has 3 N–H and O–H groups in total. The molecule has 5 heteroatoms. The van der Waals surface area contributed by atoms with E-state index >= 15 is 0 Å². The first kappa shape index (κ1) is 15.4. The van der Waals surface area contributed by atoms with Crippen molar-refractivity contribution in [2.45, 2.75) is 25.8 Å². The van der Waals surface area contributed by atoms with E-state index < -0.39 is 11.6 Å². The predicted molar refractivity (Wildman–Crippen MR) is 79.9 cm³/mol. The minimum atomic E-state index is -0.554. The maximum Gasteiger partial charge on any atom is 0.126 e. The van der Waals surface area contributed by atoms with Gasteiger partial charge in [0.2, 0.25) is 0 Å². The molecule has 3 nitrogen and oxygen atoms in total. The summed E-state index contributed by atoms with van der Waals surface area (Å²) in [5, 5.41) is 3.32. The lowest BCUT2D eigenvalue weighted by Crippen LogP contribution is -2.33. The minimum Gasteiger partial charge on any atom is -0.383 e. The van der Waals surface area contributed by atoms with Crippen molar-refractivity contribution in [3.63, 3.8) is 0 Å². The maximum absolute atomic E-state index is 13.3. The maximum atomic E-state index is 13.3. The SMILES string of the molecule is CCNC(Cc1cc(F)cc(F)c1)Cc1cccnc1N. The number of benzene rings is 1. The monoisotopic (exact) mass is 291 g/mol. The molecule has 0 aliphatic rings. The van der Waals surface area contributed by atoms with E-state index in [0.717, 1.165) is 18.2 Å². The van der Waals surface area contributed by atoms with Crippen molar-refractivity contribution in [2.24, 2.45) is 0 Å². The Morgan fingerprint density at radius 2 is 1.90 bits per heavy atom. The van der Waals surface area contributed by atoms with Crippen LogP contribution in [0.15, 0.2) is 36.5 Å². The molecule has 0 bridgehead atoms. The fraction of sp³-hybridized carbons (Fsp3) is 0.312. The van der Waals surface area contributed by atoms with Gasteiger partial charge in [0.05, 0.1) is 0 Å². The van der Waals surface area contributed by atoms with Crippen LogP contribution in [0.5, 0.6) is 0 Å².